The van der Waals surface area contributed by atoms with Gasteiger partial charge in [-0.3, -0.25) is 4.79 Å². The van der Waals surface area contributed by atoms with Crippen LogP contribution >= 0.6 is 0 Å². The van der Waals surface area contributed by atoms with E-state index in [1.807, 2.05) is 60.8 Å². The van der Waals surface area contributed by atoms with E-state index in [4.69, 9.17) is 4.98 Å². The van der Waals surface area contributed by atoms with E-state index < -0.39 is 11.9 Å². The molecule has 3 rings (SSSR count). The highest BCUT2D eigenvalue weighted by atomic mass is 16.4. The molecule has 122 valence electrons. The van der Waals surface area contributed by atoms with Crippen molar-refractivity contribution in [2.24, 2.45) is 0 Å². The average molecular weight is 320 g/mol. The van der Waals surface area contributed by atoms with Crippen molar-refractivity contribution < 1.29 is 9.90 Å². The molecule has 0 spiro atoms. The van der Waals surface area contributed by atoms with E-state index in [1.165, 1.54) is 0 Å². The van der Waals surface area contributed by atoms with Crippen LogP contribution in [0.25, 0.3) is 16.9 Å². The molecule has 4 nitrogen and oxygen atoms in total. The third kappa shape index (κ3) is 2.83. The van der Waals surface area contributed by atoms with Gasteiger partial charge in [-0.05, 0) is 31.9 Å². The quantitative estimate of drug-likeness (QED) is 0.711. The number of benzene rings is 1. The zero-order valence-corrected chi connectivity index (χ0v) is 13.9. The van der Waals surface area contributed by atoms with Gasteiger partial charge in [0.2, 0.25) is 0 Å². The van der Waals surface area contributed by atoms with Gasteiger partial charge in [-0.2, -0.15) is 0 Å². The Morgan fingerprint density at radius 2 is 1.88 bits per heavy atom. The molecular formula is C20H20N2O2. The molecule has 3 aromatic rings. The number of allylic oxidation sites excluding steroid dienone is 1. The second-order valence-corrected chi connectivity index (χ2v) is 6.06. The molecule has 0 aliphatic heterocycles. The molecule has 0 bridgehead atoms. The maximum Gasteiger partial charge on any atom is 0.312 e. The number of hydrogen-bond donors (Lipinski definition) is 1. The third-order valence-corrected chi connectivity index (χ3v) is 4.16. The van der Waals surface area contributed by atoms with Crippen molar-refractivity contribution in [3.63, 3.8) is 0 Å². The lowest BCUT2D eigenvalue weighted by molar-refractivity contribution is -0.138. The summed E-state index contributed by atoms with van der Waals surface area (Å²) in [6.07, 6.45) is 3.94. The minimum atomic E-state index is -0.869. The number of carboxylic acids is 1. The topological polar surface area (TPSA) is 54.6 Å². The summed E-state index contributed by atoms with van der Waals surface area (Å²) >= 11 is 0. The molecule has 24 heavy (non-hydrogen) atoms. The predicted molar refractivity (Wildman–Crippen MR) is 95.3 cm³/mol. The van der Waals surface area contributed by atoms with Gasteiger partial charge < -0.3 is 9.51 Å². The number of carboxylic acid groups (broad SMARTS) is 1. The van der Waals surface area contributed by atoms with Crippen LogP contribution < -0.4 is 0 Å². The van der Waals surface area contributed by atoms with Crippen LogP contribution in [0.4, 0.5) is 0 Å². The van der Waals surface area contributed by atoms with Gasteiger partial charge in [-0.15, -0.1) is 6.58 Å². The van der Waals surface area contributed by atoms with Crippen LogP contribution in [0.1, 0.15) is 29.2 Å². The van der Waals surface area contributed by atoms with Gasteiger partial charge in [0.25, 0.3) is 0 Å². The Kier molecular flexibility index (Phi) is 4.21. The summed E-state index contributed by atoms with van der Waals surface area (Å²) in [6, 6.07) is 11.9. The first kappa shape index (κ1) is 16.0. The van der Waals surface area contributed by atoms with Crippen molar-refractivity contribution in [3.05, 3.63) is 72.1 Å². The second-order valence-electron chi connectivity index (χ2n) is 6.06. The molecule has 1 atom stereocenters. The zero-order valence-electron chi connectivity index (χ0n) is 13.9. The summed E-state index contributed by atoms with van der Waals surface area (Å²) in [5, 5.41) is 9.73. The lowest BCUT2D eigenvalue weighted by Gasteiger charge is -2.13. The number of imidazole rings is 1. The van der Waals surface area contributed by atoms with Crippen LogP contribution in [0.5, 0.6) is 0 Å². The maximum absolute atomic E-state index is 11.9. The zero-order chi connectivity index (χ0) is 17.3. The van der Waals surface area contributed by atoms with Crippen LogP contribution in [-0.2, 0) is 4.79 Å². The highest BCUT2D eigenvalue weighted by Crippen LogP contribution is 2.32. The largest absolute Gasteiger partial charge is 0.481 e. The number of aliphatic carboxylic acids is 1. The van der Waals surface area contributed by atoms with Crippen LogP contribution in [0, 0.1) is 13.8 Å². The molecule has 4 heteroatoms. The predicted octanol–water partition coefficient (Wildman–Crippen LogP) is 4.36. The van der Waals surface area contributed by atoms with E-state index in [0.29, 0.717) is 12.1 Å². The first-order valence-electron chi connectivity index (χ1n) is 7.90. The first-order chi connectivity index (χ1) is 11.5. The maximum atomic E-state index is 11.9. The second kappa shape index (κ2) is 6.32. The SMILES string of the molecule is C=CCC(C(=O)O)c1c(-c2ccc(C)cc2)nc2ccc(C)cn12. The fourth-order valence-corrected chi connectivity index (χ4v) is 2.92. The van der Waals surface area contributed by atoms with E-state index >= 15 is 0 Å². The van der Waals surface area contributed by atoms with E-state index in [1.54, 1.807) is 6.08 Å². The minimum Gasteiger partial charge on any atom is -0.481 e. The molecule has 1 aromatic carbocycles. The van der Waals surface area contributed by atoms with E-state index in [9.17, 15) is 9.90 Å². The van der Waals surface area contributed by atoms with Gasteiger partial charge in [-0.1, -0.05) is 42.0 Å². The minimum absolute atomic E-state index is 0.357. The van der Waals surface area contributed by atoms with Gasteiger partial charge in [0.1, 0.15) is 11.6 Å². The molecule has 1 N–H and O–H groups in total. The third-order valence-electron chi connectivity index (χ3n) is 4.16. The van der Waals surface area contributed by atoms with Gasteiger partial charge in [-0.25, -0.2) is 4.98 Å². The number of rotatable bonds is 5. The summed E-state index contributed by atoms with van der Waals surface area (Å²) in [5.41, 5.74) is 5.30. The number of hydrogen-bond acceptors (Lipinski definition) is 2. The van der Waals surface area contributed by atoms with Crippen molar-refractivity contribution in [3.8, 4) is 11.3 Å². The Hall–Kier alpha value is -2.88. The summed E-state index contributed by atoms with van der Waals surface area (Å²) < 4.78 is 1.90. The van der Waals surface area contributed by atoms with E-state index in [0.717, 1.165) is 28.0 Å². The van der Waals surface area contributed by atoms with Gasteiger partial charge in [0.15, 0.2) is 0 Å². The first-order valence-corrected chi connectivity index (χ1v) is 7.90. The van der Waals surface area contributed by atoms with Crippen molar-refractivity contribution in [2.45, 2.75) is 26.2 Å². The van der Waals surface area contributed by atoms with Gasteiger partial charge in [0.05, 0.1) is 11.4 Å². The number of fused-ring (bicyclic) bond motifs is 1. The Balaban J connectivity index is 2.31. The number of nitrogens with zero attached hydrogens (tertiary/aromatic N) is 2. The van der Waals surface area contributed by atoms with Crippen molar-refractivity contribution in [2.75, 3.05) is 0 Å². The molecule has 0 saturated heterocycles. The Bertz CT molecular complexity index is 907. The molecule has 0 radical (unpaired) electrons. The monoisotopic (exact) mass is 320 g/mol. The van der Waals surface area contributed by atoms with E-state index in [-0.39, 0.29) is 0 Å². The molecule has 0 saturated carbocycles. The van der Waals surface area contributed by atoms with Crippen molar-refractivity contribution in [1.82, 2.24) is 9.38 Å². The summed E-state index contributed by atoms with van der Waals surface area (Å²) in [4.78, 5) is 16.6. The van der Waals surface area contributed by atoms with Gasteiger partial charge >= 0.3 is 5.97 Å². The highest BCUT2D eigenvalue weighted by Gasteiger charge is 2.27. The molecule has 0 amide bonds. The summed E-state index contributed by atoms with van der Waals surface area (Å²) in [7, 11) is 0. The van der Waals surface area contributed by atoms with Crippen LogP contribution in [0.2, 0.25) is 0 Å². The Morgan fingerprint density at radius 1 is 1.21 bits per heavy atom. The molecule has 2 aromatic heterocycles. The molecule has 0 fully saturated rings. The fraction of sp³-hybridized carbons (Fsp3) is 0.200. The molecule has 0 aliphatic rings. The number of aryl methyl sites for hydroxylation is 2. The Labute approximate surface area is 141 Å². The van der Waals surface area contributed by atoms with Crippen LogP contribution in [0.15, 0.2) is 55.3 Å². The standard InChI is InChI=1S/C20H20N2O2/c1-4-5-16(20(23)24)19-18(15-9-6-13(2)7-10-15)21-17-11-8-14(3)12-22(17)19/h4,6-12,16H,1,5H2,2-3H3,(H,23,24). The van der Waals surface area contributed by atoms with Crippen molar-refractivity contribution in [1.29, 1.82) is 0 Å². The normalized spacial score (nSPS) is 12.2. The highest BCUT2D eigenvalue weighted by molar-refractivity contribution is 5.81. The number of pyridine rings is 1. The van der Waals surface area contributed by atoms with Crippen molar-refractivity contribution >= 4 is 11.6 Å². The Morgan fingerprint density at radius 3 is 2.50 bits per heavy atom. The lowest BCUT2D eigenvalue weighted by Crippen LogP contribution is -2.14. The smallest absolute Gasteiger partial charge is 0.312 e. The van der Waals surface area contributed by atoms with Crippen LogP contribution in [0.3, 0.4) is 0 Å². The summed E-state index contributed by atoms with van der Waals surface area (Å²) in [5.74, 6) is -1.55. The number of aromatic nitrogens is 2. The molecule has 0 aliphatic carbocycles. The van der Waals surface area contributed by atoms with Crippen LogP contribution in [-0.4, -0.2) is 20.5 Å². The fourth-order valence-electron chi connectivity index (χ4n) is 2.92. The molecule has 2 heterocycles. The van der Waals surface area contributed by atoms with E-state index in [2.05, 4.69) is 6.58 Å². The van der Waals surface area contributed by atoms with Gasteiger partial charge in [0, 0.05) is 11.8 Å². The molecular weight excluding hydrogens is 300 g/mol. The molecule has 1 unspecified atom stereocenters. The number of carbonyl (C=O) groups is 1. The summed E-state index contributed by atoms with van der Waals surface area (Å²) in [6.45, 7) is 7.72. The lowest BCUT2D eigenvalue weighted by atomic mass is 9.96. The average Bonchev–Trinajstić information content (AvgIpc) is 2.91.